The van der Waals surface area contributed by atoms with Crippen molar-refractivity contribution in [3.05, 3.63) is 30.0 Å². The number of aryl methyl sites for hydroxylation is 1. The fourth-order valence-corrected chi connectivity index (χ4v) is 2.42. The summed E-state index contributed by atoms with van der Waals surface area (Å²) in [7, 11) is 0. The molecule has 0 bridgehead atoms. The molecule has 0 aliphatic carbocycles. The van der Waals surface area contributed by atoms with E-state index in [1.807, 2.05) is 0 Å². The van der Waals surface area contributed by atoms with Crippen molar-refractivity contribution in [2.75, 3.05) is 13.1 Å². The van der Waals surface area contributed by atoms with Gasteiger partial charge in [0.15, 0.2) is 0 Å². The van der Waals surface area contributed by atoms with Gasteiger partial charge in [0.05, 0.1) is 11.6 Å². The van der Waals surface area contributed by atoms with Crippen molar-refractivity contribution in [3.63, 3.8) is 0 Å². The Hall–Kier alpha value is -0.770. The number of piperidine rings is 1. The molecule has 3 nitrogen and oxygen atoms in total. The molecule has 0 spiro atoms. The molecule has 3 rings (SSSR count). The minimum atomic E-state index is 0. The van der Waals surface area contributed by atoms with E-state index in [4.69, 9.17) is 0 Å². The van der Waals surface area contributed by atoms with Gasteiger partial charge < -0.3 is 5.32 Å². The van der Waals surface area contributed by atoms with Crippen LogP contribution in [0.5, 0.6) is 0 Å². The van der Waals surface area contributed by atoms with Crippen LogP contribution in [-0.4, -0.2) is 22.9 Å². The molecule has 100 valence electrons. The first-order chi connectivity index (χ1) is 7.83. The topological polar surface area (TPSA) is 29.9 Å². The molecule has 1 fully saturated rings. The Morgan fingerprint density at radius 2 is 1.94 bits per heavy atom. The van der Waals surface area contributed by atoms with Crippen molar-refractivity contribution < 1.29 is 0 Å². The predicted octanol–water partition coefficient (Wildman–Crippen LogP) is 3.11. The van der Waals surface area contributed by atoms with Crippen LogP contribution in [0.4, 0.5) is 0 Å². The molecule has 2 heterocycles. The Balaban J connectivity index is 0.000000810. The molecule has 0 radical (unpaired) electrons. The largest absolute Gasteiger partial charge is 0.317 e. The van der Waals surface area contributed by atoms with Gasteiger partial charge in [-0.05, 0) is 45.0 Å². The average molecular weight is 288 g/mol. The van der Waals surface area contributed by atoms with Crippen molar-refractivity contribution in [1.29, 1.82) is 0 Å². The van der Waals surface area contributed by atoms with Gasteiger partial charge in [0.1, 0.15) is 0 Å². The lowest BCUT2D eigenvalue weighted by Crippen LogP contribution is -2.29. The van der Waals surface area contributed by atoms with Gasteiger partial charge in [0.2, 0.25) is 0 Å². The van der Waals surface area contributed by atoms with Crippen molar-refractivity contribution in [1.82, 2.24) is 15.1 Å². The quantitative estimate of drug-likeness (QED) is 0.873. The number of aromatic nitrogens is 2. The van der Waals surface area contributed by atoms with Gasteiger partial charge in [-0.15, -0.1) is 24.8 Å². The van der Waals surface area contributed by atoms with E-state index >= 15 is 0 Å². The third kappa shape index (κ3) is 2.97. The number of benzene rings is 1. The molecule has 1 aliphatic heterocycles. The van der Waals surface area contributed by atoms with Gasteiger partial charge >= 0.3 is 0 Å². The summed E-state index contributed by atoms with van der Waals surface area (Å²) in [4.78, 5) is 0. The Morgan fingerprint density at radius 1 is 1.22 bits per heavy atom. The Morgan fingerprint density at radius 3 is 2.67 bits per heavy atom. The zero-order valence-corrected chi connectivity index (χ0v) is 12.1. The fraction of sp³-hybridized carbons (Fsp3) is 0.462. The Bertz CT molecular complexity index is 504. The summed E-state index contributed by atoms with van der Waals surface area (Å²) < 4.78 is 2.16. The molecule has 1 N–H and O–H groups in total. The van der Waals surface area contributed by atoms with Gasteiger partial charge in [-0.1, -0.05) is 11.6 Å². The van der Waals surface area contributed by atoms with E-state index in [-0.39, 0.29) is 24.8 Å². The average Bonchev–Trinajstić information content (AvgIpc) is 2.73. The molecule has 2 aromatic rings. The number of nitrogens with one attached hydrogen (secondary N) is 1. The van der Waals surface area contributed by atoms with Crippen molar-refractivity contribution in [3.8, 4) is 0 Å². The first kappa shape index (κ1) is 15.3. The van der Waals surface area contributed by atoms with Gasteiger partial charge in [0.25, 0.3) is 0 Å². The lowest BCUT2D eigenvalue weighted by Gasteiger charge is -2.22. The number of nitrogens with zero attached hydrogens (tertiary/aromatic N) is 2. The van der Waals surface area contributed by atoms with Gasteiger partial charge in [-0.3, -0.25) is 4.68 Å². The minimum Gasteiger partial charge on any atom is -0.317 e. The van der Waals surface area contributed by atoms with Crippen LogP contribution >= 0.6 is 24.8 Å². The minimum absolute atomic E-state index is 0. The lowest BCUT2D eigenvalue weighted by atomic mass is 10.1. The lowest BCUT2D eigenvalue weighted by molar-refractivity contribution is 0.345. The Kier molecular flexibility index (Phi) is 5.45. The van der Waals surface area contributed by atoms with Crippen LogP contribution in [0.1, 0.15) is 24.4 Å². The van der Waals surface area contributed by atoms with Crippen LogP contribution in [0.3, 0.4) is 0 Å². The van der Waals surface area contributed by atoms with Crippen LogP contribution in [0.2, 0.25) is 0 Å². The summed E-state index contributed by atoms with van der Waals surface area (Å²) in [6.45, 7) is 4.35. The SMILES string of the molecule is Cc1ccc2nn(C3CCNCC3)cc2c1.Cl.Cl. The maximum atomic E-state index is 4.67. The van der Waals surface area contributed by atoms with Crippen molar-refractivity contribution in [2.24, 2.45) is 0 Å². The molecular formula is C13H19Cl2N3. The number of hydrogen-bond donors (Lipinski definition) is 1. The maximum absolute atomic E-state index is 4.67. The summed E-state index contributed by atoms with van der Waals surface area (Å²) in [6, 6.07) is 7.03. The smallest absolute Gasteiger partial charge is 0.0923 e. The van der Waals surface area contributed by atoms with Crippen LogP contribution in [0.25, 0.3) is 10.9 Å². The van der Waals surface area contributed by atoms with E-state index in [0.717, 1.165) is 18.6 Å². The molecule has 0 amide bonds. The highest BCUT2D eigenvalue weighted by atomic mass is 35.5. The second-order valence-corrected chi connectivity index (χ2v) is 4.65. The maximum Gasteiger partial charge on any atom is 0.0923 e. The molecule has 0 unspecified atom stereocenters. The first-order valence-electron chi connectivity index (χ1n) is 5.99. The summed E-state index contributed by atoms with van der Waals surface area (Å²) >= 11 is 0. The van der Waals surface area contributed by atoms with Crippen LogP contribution in [0, 0.1) is 6.92 Å². The molecular weight excluding hydrogens is 269 g/mol. The third-order valence-electron chi connectivity index (χ3n) is 3.36. The normalized spacial score (nSPS) is 16.1. The predicted molar refractivity (Wildman–Crippen MR) is 80.1 cm³/mol. The molecule has 1 aromatic heterocycles. The number of hydrogen-bond acceptors (Lipinski definition) is 2. The van der Waals surface area contributed by atoms with Crippen molar-refractivity contribution in [2.45, 2.75) is 25.8 Å². The zero-order chi connectivity index (χ0) is 11.0. The van der Waals surface area contributed by atoms with Gasteiger partial charge in [0, 0.05) is 11.6 Å². The van der Waals surface area contributed by atoms with Gasteiger partial charge in [-0.2, -0.15) is 5.10 Å². The second-order valence-electron chi connectivity index (χ2n) is 4.65. The Labute approximate surface area is 120 Å². The highest BCUT2D eigenvalue weighted by Gasteiger charge is 2.15. The molecule has 18 heavy (non-hydrogen) atoms. The summed E-state index contributed by atoms with van der Waals surface area (Å²) in [6.07, 6.45) is 4.57. The highest BCUT2D eigenvalue weighted by Crippen LogP contribution is 2.21. The summed E-state index contributed by atoms with van der Waals surface area (Å²) in [5, 5.41) is 9.32. The summed E-state index contributed by atoms with van der Waals surface area (Å²) in [5.74, 6) is 0. The van der Waals surface area contributed by atoms with Crippen LogP contribution in [-0.2, 0) is 0 Å². The van der Waals surface area contributed by atoms with E-state index < -0.39 is 0 Å². The summed E-state index contributed by atoms with van der Waals surface area (Å²) in [5.41, 5.74) is 2.42. The number of rotatable bonds is 1. The van der Waals surface area contributed by atoms with Gasteiger partial charge in [-0.25, -0.2) is 0 Å². The second kappa shape index (κ2) is 6.41. The molecule has 1 saturated heterocycles. The first-order valence-corrected chi connectivity index (χ1v) is 5.99. The molecule has 1 aromatic carbocycles. The standard InChI is InChI=1S/C13H17N3.2ClH/c1-10-2-3-13-11(8-10)9-16(15-13)12-4-6-14-7-5-12;;/h2-3,8-9,12,14H,4-7H2,1H3;2*1H. The van der Waals surface area contributed by atoms with E-state index in [1.54, 1.807) is 0 Å². The molecule has 0 saturated carbocycles. The number of halogens is 2. The monoisotopic (exact) mass is 287 g/mol. The fourth-order valence-electron chi connectivity index (χ4n) is 2.42. The molecule has 5 heteroatoms. The molecule has 1 aliphatic rings. The highest BCUT2D eigenvalue weighted by molar-refractivity contribution is 5.85. The van der Waals surface area contributed by atoms with Crippen LogP contribution in [0.15, 0.2) is 24.4 Å². The number of fused-ring (bicyclic) bond motifs is 1. The third-order valence-corrected chi connectivity index (χ3v) is 3.36. The van der Waals surface area contributed by atoms with E-state index in [9.17, 15) is 0 Å². The zero-order valence-electron chi connectivity index (χ0n) is 10.4. The molecule has 0 atom stereocenters. The van der Waals surface area contributed by atoms with E-state index in [2.05, 4.69) is 46.4 Å². The van der Waals surface area contributed by atoms with E-state index in [1.165, 1.54) is 23.8 Å². The van der Waals surface area contributed by atoms with Crippen molar-refractivity contribution >= 4 is 35.7 Å². The van der Waals surface area contributed by atoms with E-state index in [0.29, 0.717) is 6.04 Å². The van der Waals surface area contributed by atoms with Crippen LogP contribution < -0.4 is 5.32 Å².